The highest BCUT2D eigenvalue weighted by Crippen LogP contribution is 2.20. The van der Waals surface area contributed by atoms with Crippen LogP contribution in [0.4, 0.5) is 14.6 Å². The maximum Gasteiger partial charge on any atom is 0.236 e. The van der Waals surface area contributed by atoms with Gasteiger partial charge in [-0.05, 0) is 0 Å². The van der Waals surface area contributed by atoms with Crippen molar-refractivity contribution < 1.29 is 18.4 Å². The van der Waals surface area contributed by atoms with E-state index >= 15 is 0 Å². The summed E-state index contributed by atoms with van der Waals surface area (Å²) >= 11 is 0. The van der Waals surface area contributed by atoms with E-state index in [1.54, 1.807) is 0 Å². The summed E-state index contributed by atoms with van der Waals surface area (Å²) in [6, 6.07) is 0.623. The zero-order chi connectivity index (χ0) is 11.0. The van der Waals surface area contributed by atoms with Crippen molar-refractivity contribution in [2.45, 2.75) is 6.42 Å². The number of pyridine rings is 1. The van der Waals surface area contributed by atoms with E-state index in [4.69, 9.17) is 0 Å². The van der Waals surface area contributed by atoms with Gasteiger partial charge in [0.2, 0.25) is 5.91 Å². The quantitative estimate of drug-likeness (QED) is 0.643. The van der Waals surface area contributed by atoms with E-state index in [0.717, 1.165) is 11.1 Å². The van der Waals surface area contributed by atoms with E-state index in [9.17, 15) is 18.4 Å². The van der Waals surface area contributed by atoms with Crippen molar-refractivity contribution in [2.75, 3.05) is 11.4 Å². The van der Waals surface area contributed by atoms with Crippen LogP contribution < -0.4 is 4.90 Å². The average molecular weight is 212 g/mol. The molecule has 0 unspecified atom stereocenters. The van der Waals surface area contributed by atoms with Gasteiger partial charge in [-0.3, -0.25) is 14.5 Å². The van der Waals surface area contributed by atoms with Crippen molar-refractivity contribution in [3.05, 3.63) is 23.9 Å². The van der Waals surface area contributed by atoms with Crippen LogP contribution in [0.5, 0.6) is 0 Å². The van der Waals surface area contributed by atoms with Crippen LogP contribution in [-0.2, 0) is 9.59 Å². The number of carbonyl (C=O) groups excluding carboxylic acids is 2. The average Bonchev–Trinajstić information content (AvgIpc) is 2.45. The molecule has 1 aliphatic rings. The van der Waals surface area contributed by atoms with E-state index < -0.39 is 17.5 Å². The van der Waals surface area contributed by atoms with Crippen LogP contribution in [0.15, 0.2) is 12.3 Å². The molecular weight excluding hydrogens is 206 g/mol. The molecular formula is C9H6F2N2O2. The maximum atomic E-state index is 13.2. The van der Waals surface area contributed by atoms with Gasteiger partial charge in [0.1, 0.15) is 5.82 Å². The van der Waals surface area contributed by atoms with Gasteiger partial charge in [-0.15, -0.1) is 0 Å². The van der Waals surface area contributed by atoms with Crippen molar-refractivity contribution in [3.63, 3.8) is 0 Å². The van der Waals surface area contributed by atoms with Crippen molar-refractivity contribution in [1.29, 1.82) is 0 Å². The van der Waals surface area contributed by atoms with E-state index in [1.807, 2.05) is 0 Å². The number of Topliss-reactive ketones (excluding diaryl/α,β-unsaturated/α-hetero) is 1. The molecule has 1 fully saturated rings. The lowest BCUT2D eigenvalue weighted by Crippen LogP contribution is -2.26. The monoisotopic (exact) mass is 212 g/mol. The zero-order valence-corrected chi connectivity index (χ0v) is 7.54. The predicted molar refractivity (Wildman–Crippen MR) is 46.1 cm³/mol. The molecule has 78 valence electrons. The van der Waals surface area contributed by atoms with Gasteiger partial charge in [0.15, 0.2) is 17.4 Å². The third-order valence-corrected chi connectivity index (χ3v) is 2.03. The molecule has 2 heterocycles. The molecule has 1 aromatic heterocycles. The SMILES string of the molecule is O=C1CC(=O)N(c2ncc(F)cc2F)C1. The molecule has 0 bridgehead atoms. The number of anilines is 1. The maximum absolute atomic E-state index is 13.2. The normalized spacial score (nSPS) is 16.3. The molecule has 6 heteroatoms. The predicted octanol–water partition coefficient (Wildman–Crippen LogP) is 0.666. The van der Waals surface area contributed by atoms with E-state index in [1.165, 1.54) is 0 Å². The third-order valence-electron chi connectivity index (χ3n) is 2.03. The van der Waals surface area contributed by atoms with E-state index in [2.05, 4.69) is 4.98 Å². The fraction of sp³-hybridized carbons (Fsp3) is 0.222. The molecule has 0 radical (unpaired) electrons. The first kappa shape index (κ1) is 9.70. The second kappa shape index (κ2) is 3.38. The van der Waals surface area contributed by atoms with Crippen LogP contribution >= 0.6 is 0 Å². The Morgan fingerprint density at radius 2 is 2.07 bits per heavy atom. The fourth-order valence-electron chi connectivity index (χ4n) is 1.38. The highest BCUT2D eigenvalue weighted by molar-refractivity contribution is 6.14. The van der Waals surface area contributed by atoms with Gasteiger partial charge in [0.25, 0.3) is 0 Å². The van der Waals surface area contributed by atoms with Crippen LogP contribution in [0.1, 0.15) is 6.42 Å². The number of halogens is 2. The molecule has 0 spiro atoms. The van der Waals surface area contributed by atoms with Crippen LogP contribution in [0, 0.1) is 11.6 Å². The summed E-state index contributed by atoms with van der Waals surface area (Å²) in [4.78, 5) is 26.5. The first-order chi connectivity index (χ1) is 7.08. The first-order valence-corrected chi connectivity index (χ1v) is 4.21. The molecule has 0 atom stereocenters. The standard InChI is InChI=1S/C9H6F2N2O2/c10-5-1-7(11)9(12-3-5)13-4-6(14)2-8(13)15/h1,3H,2,4H2. The molecule has 0 aromatic carbocycles. The Labute approximate surface area is 83.5 Å². The summed E-state index contributed by atoms with van der Waals surface area (Å²) in [5, 5.41) is 0. The lowest BCUT2D eigenvalue weighted by atomic mass is 10.3. The molecule has 0 aliphatic carbocycles. The van der Waals surface area contributed by atoms with Gasteiger partial charge < -0.3 is 0 Å². The topological polar surface area (TPSA) is 50.3 Å². The largest absolute Gasteiger partial charge is 0.297 e. The number of carbonyl (C=O) groups is 2. The lowest BCUT2D eigenvalue weighted by Gasteiger charge is -2.13. The molecule has 2 rings (SSSR count). The molecule has 15 heavy (non-hydrogen) atoms. The molecule has 1 saturated heterocycles. The minimum atomic E-state index is -0.946. The summed E-state index contributed by atoms with van der Waals surface area (Å²) in [5.74, 6) is -2.89. The van der Waals surface area contributed by atoms with Crippen molar-refractivity contribution >= 4 is 17.5 Å². The second-order valence-corrected chi connectivity index (χ2v) is 3.15. The number of amides is 1. The van der Waals surface area contributed by atoms with Crippen LogP contribution in [0.3, 0.4) is 0 Å². The Hall–Kier alpha value is -1.85. The van der Waals surface area contributed by atoms with Crippen LogP contribution in [-0.4, -0.2) is 23.2 Å². The number of rotatable bonds is 1. The molecule has 0 saturated carbocycles. The summed E-state index contributed by atoms with van der Waals surface area (Å²) < 4.78 is 25.7. The van der Waals surface area contributed by atoms with Crippen LogP contribution in [0.25, 0.3) is 0 Å². The van der Waals surface area contributed by atoms with Gasteiger partial charge in [0.05, 0.1) is 19.2 Å². The van der Waals surface area contributed by atoms with Gasteiger partial charge in [0, 0.05) is 6.07 Å². The Kier molecular flexibility index (Phi) is 2.18. The number of hydrogen-bond donors (Lipinski definition) is 0. The van der Waals surface area contributed by atoms with E-state index in [-0.39, 0.29) is 24.6 Å². The minimum absolute atomic E-state index is 0.200. The molecule has 1 amide bonds. The Bertz CT molecular complexity index is 448. The highest BCUT2D eigenvalue weighted by atomic mass is 19.1. The molecule has 1 aliphatic heterocycles. The number of ketones is 1. The number of aromatic nitrogens is 1. The number of hydrogen-bond acceptors (Lipinski definition) is 3. The summed E-state index contributed by atoms with van der Waals surface area (Å²) in [6.45, 7) is -0.200. The summed E-state index contributed by atoms with van der Waals surface area (Å²) in [6.07, 6.45) is 0.549. The van der Waals surface area contributed by atoms with Crippen molar-refractivity contribution in [3.8, 4) is 0 Å². The third kappa shape index (κ3) is 1.70. The Morgan fingerprint density at radius 3 is 2.60 bits per heavy atom. The second-order valence-electron chi connectivity index (χ2n) is 3.15. The van der Waals surface area contributed by atoms with Crippen molar-refractivity contribution in [1.82, 2.24) is 4.98 Å². The van der Waals surface area contributed by atoms with Crippen LogP contribution in [0.2, 0.25) is 0 Å². The Balaban J connectivity index is 2.38. The minimum Gasteiger partial charge on any atom is -0.297 e. The highest BCUT2D eigenvalue weighted by Gasteiger charge is 2.31. The van der Waals surface area contributed by atoms with Gasteiger partial charge >= 0.3 is 0 Å². The van der Waals surface area contributed by atoms with Gasteiger partial charge in [-0.1, -0.05) is 0 Å². The van der Waals surface area contributed by atoms with E-state index in [0.29, 0.717) is 6.07 Å². The fourth-order valence-corrected chi connectivity index (χ4v) is 1.38. The molecule has 1 aromatic rings. The summed E-state index contributed by atoms with van der Waals surface area (Å²) in [5.41, 5.74) is 0. The van der Waals surface area contributed by atoms with Crippen molar-refractivity contribution in [2.24, 2.45) is 0 Å². The first-order valence-electron chi connectivity index (χ1n) is 4.21. The Morgan fingerprint density at radius 1 is 1.33 bits per heavy atom. The van der Waals surface area contributed by atoms with Gasteiger partial charge in [-0.25, -0.2) is 13.8 Å². The zero-order valence-electron chi connectivity index (χ0n) is 7.54. The molecule has 4 nitrogen and oxygen atoms in total. The van der Waals surface area contributed by atoms with Gasteiger partial charge in [-0.2, -0.15) is 0 Å². The smallest absolute Gasteiger partial charge is 0.236 e. The summed E-state index contributed by atoms with van der Waals surface area (Å²) in [7, 11) is 0. The lowest BCUT2D eigenvalue weighted by molar-refractivity contribution is -0.121. The molecule has 0 N–H and O–H groups in total. The number of nitrogens with zero attached hydrogens (tertiary/aromatic N) is 2.